The van der Waals surface area contributed by atoms with E-state index in [9.17, 15) is 14.9 Å². The molecule has 0 aliphatic carbocycles. The van der Waals surface area contributed by atoms with Crippen LogP contribution in [0.5, 0.6) is 11.5 Å². The largest absolute Gasteiger partial charge is 0.454 e. The molecule has 1 fully saturated rings. The third-order valence-corrected chi connectivity index (χ3v) is 4.45. The van der Waals surface area contributed by atoms with Gasteiger partial charge in [-0.1, -0.05) is 12.1 Å². The first-order chi connectivity index (χ1) is 12.7. The Labute approximate surface area is 149 Å². The monoisotopic (exact) mass is 349 g/mol. The van der Waals surface area contributed by atoms with Crippen LogP contribution in [-0.4, -0.2) is 25.2 Å². The number of para-hydroxylation sites is 1. The second-order valence-electron chi connectivity index (χ2n) is 6.09. The molecular weight excluding hydrogens is 334 g/mol. The first-order valence-electron chi connectivity index (χ1n) is 8.16. The fraction of sp³-hybridized carbons (Fsp3) is 0.211. The maximum atomic E-state index is 12.6. The summed E-state index contributed by atoms with van der Waals surface area (Å²) in [4.78, 5) is 26.4. The molecule has 26 heavy (non-hydrogen) atoms. The molecule has 1 atom stereocenters. The molecule has 7 nitrogen and oxygen atoms in total. The molecule has 130 valence electrons. The van der Waals surface area contributed by atoms with E-state index in [4.69, 9.17) is 9.47 Å². The Bertz CT molecular complexity index is 935. The van der Waals surface area contributed by atoms with E-state index in [0.717, 1.165) is 0 Å². The number of nitrogens with zero attached hydrogens (tertiary/aromatic N) is 2. The van der Waals surface area contributed by atoms with Crippen LogP contribution in [0.15, 0.2) is 42.5 Å². The number of hydrogen-bond donors (Lipinski definition) is 1. The van der Waals surface area contributed by atoms with Gasteiger partial charge in [-0.2, -0.15) is 5.26 Å². The molecule has 2 aromatic rings. The number of nitriles is 1. The van der Waals surface area contributed by atoms with Crippen LogP contribution in [0.1, 0.15) is 12.0 Å². The van der Waals surface area contributed by atoms with Gasteiger partial charge in [0.2, 0.25) is 18.6 Å². The van der Waals surface area contributed by atoms with E-state index in [1.807, 2.05) is 0 Å². The minimum absolute atomic E-state index is 0.107. The fourth-order valence-corrected chi connectivity index (χ4v) is 3.14. The molecule has 2 aliphatic heterocycles. The van der Waals surface area contributed by atoms with Crippen LogP contribution in [0.2, 0.25) is 0 Å². The molecule has 1 N–H and O–H groups in total. The number of carbonyl (C=O) groups is 2. The summed E-state index contributed by atoms with van der Waals surface area (Å²) in [5.41, 5.74) is 1.54. The van der Waals surface area contributed by atoms with Gasteiger partial charge in [0.1, 0.15) is 6.07 Å². The van der Waals surface area contributed by atoms with Crippen LogP contribution in [0.3, 0.4) is 0 Å². The number of nitrogens with one attached hydrogen (secondary N) is 1. The van der Waals surface area contributed by atoms with Crippen LogP contribution in [-0.2, 0) is 9.59 Å². The summed E-state index contributed by atoms with van der Waals surface area (Å²) in [6, 6.07) is 14.1. The third-order valence-electron chi connectivity index (χ3n) is 4.45. The number of ether oxygens (including phenoxy) is 2. The quantitative estimate of drug-likeness (QED) is 0.918. The van der Waals surface area contributed by atoms with E-state index in [-0.39, 0.29) is 31.6 Å². The zero-order valence-electron chi connectivity index (χ0n) is 13.8. The average molecular weight is 349 g/mol. The van der Waals surface area contributed by atoms with E-state index in [1.54, 1.807) is 42.5 Å². The van der Waals surface area contributed by atoms with Crippen LogP contribution in [0.25, 0.3) is 0 Å². The average Bonchev–Trinajstić information content (AvgIpc) is 3.27. The zero-order chi connectivity index (χ0) is 18.1. The van der Waals surface area contributed by atoms with Crippen molar-refractivity contribution in [1.29, 1.82) is 5.26 Å². The Kier molecular flexibility index (Phi) is 3.93. The highest BCUT2D eigenvalue weighted by Crippen LogP contribution is 2.35. The van der Waals surface area contributed by atoms with Gasteiger partial charge < -0.3 is 19.7 Å². The molecule has 1 unspecified atom stereocenters. The van der Waals surface area contributed by atoms with Crippen LogP contribution < -0.4 is 19.7 Å². The molecule has 2 aliphatic rings. The van der Waals surface area contributed by atoms with Crippen molar-refractivity contribution in [2.75, 3.05) is 23.6 Å². The molecule has 4 rings (SSSR count). The molecule has 2 amide bonds. The van der Waals surface area contributed by atoms with Gasteiger partial charge in [0, 0.05) is 24.7 Å². The van der Waals surface area contributed by atoms with Gasteiger partial charge in [0.25, 0.3) is 0 Å². The molecule has 2 aromatic carbocycles. The van der Waals surface area contributed by atoms with E-state index >= 15 is 0 Å². The van der Waals surface area contributed by atoms with Gasteiger partial charge in [-0.25, -0.2) is 0 Å². The van der Waals surface area contributed by atoms with Crippen molar-refractivity contribution >= 4 is 23.2 Å². The number of fused-ring (bicyclic) bond motifs is 1. The second-order valence-corrected chi connectivity index (χ2v) is 6.09. The summed E-state index contributed by atoms with van der Waals surface area (Å²) in [5, 5.41) is 12.0. The SMILES string of the molecule is N#Cc1ccccc1N1CC(C(=O)Nc2ccc3c(c2)OCO3)CC1=O. The minimum atomic E-state index is -0.486. The lowest BCUT2D eigenvalue weighted by atomic mass is 10.1. The van der Waals surface area contributed by atoms with E-state index in [0.29, 0.717) is 28.4 Å². The normalized spacial score (nSPS) is 17.9. The summed E-state index contributed by atoms with van der Waals surface area (Å²) in [6.45, 7) is 0.408. The van der Waals surface area contributed by atoms with Gasteiger partial charge >= 0.3 is 0 Å². The second kappa shape index (κ2) is 6.41. The topological polar surface area (TPSA) is 91.7 Å². The Morgan fingerprint density at radius 3 is 2.85 bits per heavy atom. The molecule has 7 heteroatoms. The maximum Gasteiger partial charge on any atom is 0.231 e. The summed E-state index contributed by atoms with van der Waals surface area (Å²) in [6.07, 6.45) is 0.107. The number of carbonyl (C=O) groups excluding carboxylic acids is 2. The summed E-state index contributed by atoms with van der Waals surface area (Å²) in [7, 11) is 0. The Hall–Kier alpha value is -3.53. The highest BCUT2D eigenvalue weighted by molar-refractivity contribution is 6.04. The lowest BCUT2D eigenvalue weighted by molar-refractivity contribution is -0.122. The van der Waals surface area contributed by atoms with Gasteiger partial charge in [-0.3, -0.25) is 9.59 Å². The molecule has 1 saturated heterocycles. The predicted octanol–water partition coefficient (Wildman–Crippen LogP) is 2.28. The van der Waals surface area contributed by atoms with Crippen LogP contribution >= 0.6 is 0 Å². The van der Waals surface area contributed by atoms with Crippen LogP contribution in [0, 0.1) is 17.2 Å². The number of anilines is 2. The lowest BCUT2D eigenvalue weighted by Gasteiger charge is -2.18. The standard InChI is InChI=1S/C19H15N3O4/c20-9-12-3-1-2-4-15(12)22-10-13(7-18(22)23)19(24)21-14-5-6-16-17(8-14)26-11-25-16/h1-6,8,13H,7,10-11H2,(H,21,24). The molecular formula is C19H15N3O4. The van der Waals surface area contributed by atoms with Crippen molar-refractivity contribution in [3.05, 3.63) is 48.0 Å². The van der Waals surface area contributed by atoms with E-state index < -0.39 is 5.92 Å². The van der Waals surface area contributed by atoms with Crippen molar-refractivity contribution < 1.29 is 19.1 Å². The van der Waals surface area contributed by atoms with Crippen molar-refractivity contribution in [1.82, 2.24) is 0 Å². The Morgan fingerprint density at radius 1 is 1.19 bits per heavy atom. The summed E-state index contributed by atoms with van der Waals surface area (Å²) >= 11 is 0. The van der Waals surface area contributed by atoms with Gasteiger partial charge in [-0.05, 0) is 24.3 Å². The van der Waals surface area contributed by atoms with Crippen molar-refractivity contribution in [2.45, 2.75) is 6.42 Å². The smallest absolute Gasteiger partial charge is 0.231 e. The number of amides is 2. The third kappa shape index (κ3) is 2.82. The van der Waals surface area contributed by atoms with E-state index in [2.05, 4.69) is 11.4 Å². The summed E-state index contributed by atoms with van der Waals surface area (Å²) in [5.74, 6) is 0.320. The number of benzene rings is 2. The first kappa shape index (κ1) is 16.0. The molecule has 0 spiro atoms. The fourth-order valence-electron chi connectivity index (χ4n) is 3.14. The molecule has 0 saturated carbocycles. The van der Waals surface area contributed by atoms with Gasteiger partial charge in [0.05, 0.1) is 17.2 Å². The van der Waals surface area contributed by atoms with E-state index in [1.165, 1.54) is 4.90 Å². The highest BCUT2D eigenvalue weighted by Gasteiger charge is 2.36. The van der Waals surface area contributed by atoms with Crippen molar-refractivity contribution in [2.24, 2.45) is 5.92 Å². The Balaban J connectivity index is 1.48. The minimum Gasteiger partial charge on any atom is -0.454 e. The van der Waals surface area contributed by atoms with Crippen molar-refractivity contribution in [3.8, 4) is 17.6 Å². The molecule has 0 aromatic heterocycles. The van der Waals surface area contributed by atoms with Gasteiger partial charge in [0.15, 0.2) is 11.5 Å². The predicted molar refractivity (Wildman–Crippen MR) is 92.8 cm³/mol. The lowest BCUT2D eigenvalue weighted by Crippen LogP contribution is -2.28. The Morgan fingerprint density at radius 2 is 2.00 bits per heavy atom. The molecule has 0 bridgehead atoms. The first-order valence-corrected chi connectivity index (χ1v) is 8.16. The zero-order valence-corrected chi connectivity index (χ0v) is 13.8. The maximum absolute atomic E-state index is 12.6. The number of hydrogen-bond acceptors (Lipinski definition) is 5. The number of rotatable bonds is 3. The van der Waals surface area contributed by atoms with Crippen molar-refractivity contribution in [3.63, 3.8) is 0 Å². The summed E-state index contributed by atoms with van der Waals surface area (Å²) < 4.78 is 10.5. The highest BCUT2D eigenvalue weighted by atomic mass is 16.7. The van der Waals surface area contributed by atoms with Gasteiger partial charge in [-0.15, -0.1) is 0 Å². The molecule has 0 radical (unpaired) electrons. The molecule has 2 heterocycles. The van der Waals surface area contributed by atoms with Crippen LogP contribution in [0.4, 0.5) is 11.4 Å².